The first-order valence-electron chi connectivity index (χ1n) is 3.29. The number of carbonyl (C=O) groups is 1. The number of rotatable bonds is 0. The van der Waals surface area contributed by atoms with Crippen LogP contribution in [0.15, 0.2) is 0 Å². The van der Waals surface area contributed by atoms with Gasteiger partial charge in [0, 0.05) is 0 Å². The molecule has 10 heavy (non-hydrogen) atoms. The fourth-order valence-electron chi connectivity index (χ4n) is 1.10. The average Bonchev–Trinajstić information content (AvgIpc) is 1.86. The third-order valence-electron chi connectivity index (χ3n) is 1.85. The zero-order valence-electron chi connectivity index (χ0n) is 5.55. The van der Waals surface area contributed by atoms with Crippen LogP contribution in [0.1, 0.15) is 0 Å². The molecule has 0 aromatic rings. The lowest BCUT2D eigenvalue weighted by Crippen LogP contribution is -2.63. The molecule has 4 nitrogen and oxygen atoms in total. The molecule has 2 fully saturated rings. The second-order valence-corrected chi connectivity index (χ2v) is 2.74. The van der Waals surface area contributed by atoms with Crippen LogP contribution in [0.2, 0.25) is 0 Å². The first-order chi connectivity index (χ1) is 4.81. The van der Waals surface area contributed by atoms with Crippen molar-refractivity contribution in [3.63, 3.8) is 0 Å². The maximum atomic E-state index is 10.6. The van der Waals surface area contributed by atoms with Gasteiger partial charge in [-0.05, 0) is 0 Å². The van der Waals surface area contributed by atoms with E-state index in [0.717, 1.165) is 0 Å². The number of amides is 1. The van der Waals surface area contributed by atoms with Crippen molar-refractivity contribution in [1.29, 1.82) is 0 Å². The largest absolute Gasteiger partial charge is 0.375 e. The minimum Gasteiger partial charge on any atom is -0.375 e. The molecule has 1 N–H and O–H groups in total. The summed E-state index contributed by atoms with van der Waals surface area (Å²) in [5.41, 5.74) is -0.173. The van der Waals surface area contributed by atoms with Gasteiger partial charge >= 0.3 is 0 Å². The van der Waals surface area contributed by atoms with Gasteiger partial charge in [0.2, 0.25) is 5.91 Å². The van der Waals surface area contributed by atoms with E-state index in [4.69, 9.17) is 9.47 Å². The van der Waals surface area contributed by atoms with Crippen molar-refractivity contribution >= 4 is 5.91 Å². The summed E-state index contributed by atoms with van der Waals surface area (Å²) >= 11 is 0. The zero-order chi connectivity index (χ0) is 7.03. The van der Waals surface area contributed by atoms with Crippen LogP contribution < -0.4 is 5.32 Å². The molecule has 0 aromatic heterocycles. The summed E-state index contributed by atoms with van der Waals surface area (Å²) < 4.78 is 10.3. The molecule has 2 aliphatic heterocycles. The fourth-order valence-corrected chi connectivity index (χ4v) is 1.10. The van der Waals surface area contributed by atoms with Crippen molar-refractivity contribution in [3.05, 3.63) is 0 Å². The van der Waals surface area contributed by atoms with Crippen LogP contribution in [0, 0.1) is 0 Å². The number of nitrogens with one attached hydrogen (secondary N) is 1. The SMILES string of the molecule is O=C1COC2(CN1)COC2. The summed E-state index contributed by atoms with van der Waals surface area (Å²) in [6.45, 7) is 2.02. The van der Waals surface area contributed by atoms with Crippen LogP contribution in [0.4, 0.5) is 0 Å². The number of hydrogen-bond acceptors (Lipinski definition) is 3. The molecule has 1 amide bonds. The molecule has 2 heterocycles. The van der Waals surface area contributed by atoms with Crippen molar-refractivity contribution in [2.45, 2.75) is 5.60 Å². The van der Waals surface area contributed by atoms with Gasteiger partial charge in [0.1, 0.15) is 12.2 Å². The van der Waals surface area contributed by atoms with Crippen LogP contribution in [0.25, 0.3) is 0 Å². The second-order valence-electron chi connectivity index (χ2n) is 2.74. The number of morpholine rings is 1. The van der Waals surface area contributed by atoms with E-state index in [0.29, 0.717) is 19.8 Å². The highest BCUT2D eigenvalue weighted by Gasteiger charge is 2.42. The van der Waals surface area contributed by atoms with Gasteiger partial charge < -0.3 is 14.8 Å². The predicted molar refractivity (Wildman–Crippen MR) is 32.5 cm³/mol. The van der Waals surface area contributed by atoms with E-state index in [2.05, 4.69) is 5.32 Å². The molecule has 0 aromatic carbocycles. The van der Waals surface area contributed by atoms with Gasteiger partial charge in [0.15, 0.2) is 0 Å². The lowest BCUT2D eigenvalue weighted by molar-refractivity contribution is -0.217. The Balaban J connectivity index is 1.96. The first-order valence-corrected chi connectivity index (χ1v) is 3.29. The minimum absolute atomic E-state index is 0.0301. The number of hydrogen-bond donors (Lipinski definition) is 1. The molecular weight excluding hydrogens is 134 g/mol. The number of carbonyl (C=O) groups excluding carboxylic acids is 1. The molecule has 0 unspecified atom stereocenters. The molecular formula is C6H9NO3. The third-order valence-corrected chi connectivity index (χ3v) is 1.85. The minimum atomic E-state index is -0.173. The van der Waals surface area contributed by atoms with Crippen molar-refractivity contribution in [3.8, 4) is 0 Å². The van der Waals surface area contributed by atoms with E-state index in [-0.39, 0.29) is 18.1 Å². The van der Waals surface area contributed by atoms with Crippen LogP contribution in [0.5, 0.6) is 0 Å². The summed E-state index contributed by atoms with van der Waals surface area (Å²) in [4.78, 5) is 10.6. The monoisotopic (exact) mass is 143 g/mol. The van der Waals surface area contributed by atoms with E-state index in [1.807, 2.05) is 0 Å². The Hall–Kier alpha value is -0.610. The lowest BCUT2D eigenvalue weighted by atomic mass is 10.0. The van der Waals surface area contributed by atoms with Gasteiger partial charge in [-0.1, -0.05) is 0 Å². The van der Waals surface area contributed by atoms with Crippen LogP contribution in [-0.4, -0.2) is 37.9 Å². The molecule has 2 rings (SSSR count). The Morgan fingerprint density at radius 1 is 1.50 bits per heavy atom. The predicted octanol–water partition coefficient (Wildman–Crippen LogP) is -1.10. The van der Waals surface area contributed by atoms with E-state index in [1.54, 1.807) is 0 Å². The van der Waals surface area contributed by atoms with Gasteiger partial charge in [-0.2, -0.15) is 0 Å². The van der Waals surface area contributed by atoms with Crippen molar-refractivity contribution in [2.75, 3.05) is 26.4 Å². The van der Waals surface area contributed by atoms with Gasteiger partial charge in [-0.25, -0.2) is 0 Å². The van der Waals surface area contributed by atoms with Crippen molar-refractivity contribution in [1.82, 2.24) is 5.32 Å². The summed E-state index contributed by atoms with van der Waals surface area (Å²) in [6, 6.07) is 0. The Morgan fingerprint density at radius 2 is 2.30 bits per heavy atom. The molecule has 0 atom stereocenters. The van der Waals surface area contributed by atoms with Crippen LogP contribution in [0.3, 0.4) is 0 Å². The van der Waals surface area contributed by atoms with Gasteiger partial charge in [-0.3, -0.25) is 4.79 Å². The third kappa shape index (κ3) is 0.803. The highest BCUT2D eigenvalue weighted by Crippen LogP contribution is 2.22. The Kier molecular flexibility index (Phi) is 1.18. The molecule has 0 radical (unpaired) electrons. The van der Waals surface area contributed by atoms with Gasteiger partial charge in [-0.15, -0.1) is 0 Å². The lowest BCUT2D eigenvalue weighted by Gasteiger charge is -2.43. The van der Waals surface area contributed by atoms with Crippen LogP contribution >= 0.6 is 0 Å². The normalized spacial score (nSPS) is 29.4. The van der Waals surface area contributed by atoms with E-state index >= 15 is 0 Å². The Labute approximate surface area is 58.5 Å². The highest BCUT2D eigenvalue weighted by atomic mass is 16.6. The molecule has 0 bridgehead atoms. The fraction of sp³-hybridized carbons (Fsp3) is 0.833. The average molecular weight is 143 g/mol. The maximum absolute atomic E-state index is 10.6. The van der Waals surface area contributed by atoms with E-state index in [9.17, 15) is 4.79 Å². The molecule has 56 valence electrons. The quantitative estimate of drug-likeness (QED) is 0.468. The molecule has 1 spiro atoms. The summed E-state index contributed by atoms with van der Waals surface area (Å²) in [5, 5.41) is 2.73. The molecule has 0 aliphatic carbocycles. The highest BCUT2D eigenvalue weighted by molar-refractivity contribution is 5.78. The zero-order valence-corrected chi connectivity index (χ0v) is 5.55. The molecule has 4 heteroatoms. The standard InChI is InChI=1S/C6H9NO3/c8-5-1-10-6(2-7-5)3-9-4-6/h1-4H2,(H,7,8). The second kappa shape index (κ2) is 1.93. The van der Waals surface area contributed by atoms with E-state index in [1.165, 1.54) is 0 Å². The smallest absolute Gasteiger partial charge is 0.246 e. The summed E-state index contributed by atoms with van der Waals surface area (Å²) in [6.07, 6.45) is 0. The van der Waals surface area contributed by atoms with E-state index < -0.39 is 0 Å². The first kappa shape index (κ1) is 6.12. The topological polar surface area (TPSA) is 47.6 Å². The molecule has 2 saturated heterocycles. The van der Waals surface area contributed by atoms with Crippen LogP contribution in [-0.2, 0) is 14.3 Å². The maximum Gasteiger partial charge on any atom is 0.246 e. The molecule has 2 aliphatic rings. The van der Waals surface area contributed by atoms with Gasteiger partial charge in [0.25, 0.3) is 0 Å². The summed E-state index contributed by atoms with van der Waals surface area (Å²) in [5.74, 6) is -0.0301. The Morgan fingerprint density at radius 3 is 2.70 bits per heavy atom. The van der Waals surface area contributed by atoms with Crippen molar-refractivity contribution in [2.24, 2.45) is 0 Å². The number of ether oxygens (including phenoxy) is 2. The van der Waals surface area contributed by atoms with Gasteiger partial charge in [0.05, 0.1) is 19.8 Å². The summed E-state index contributed by atoms with van der Waals surface area (Å²) in [7, 11) is 0. The Bertz CT molecular complexity index is 152. The molecule has 0 saturated carbocycles. The van der Waals surface area contributed by atoms with Crippen molar-refractivity contribution < 1.29 is 14.3 Å².